The van der Waals surface area contributed by atoms with Gasteiger partial charge in [-0.15, -0.1) is 0 Å². The molecular formula is C12H16N4O3S. The second-order valence-corrected chi connectivity index (χ2v) is 6.06. The fraction of sp³-hybridized carbons (Fsp3) is 0.250. The molecule has 0 bridgehead atoms. The van der Waals surface area contributed by atoms with Crippen molar-refractivity contribution in [3.63, 3.8) is 0 Å². The van der Waals surface area contributed by atoms with Crippen molar-refractivity contribution in [2.24, 2.45) is 0 Å². The Morgan fingerprint density at radius 3 is 2.75 bits per heavy atom. The van der Waals surface area contributed by atoms with Crippen molar-refractivity contribution in [3.8, 4) is 0 Å². The molecule has 0 spiro atoms. The van der Waals surface area contributed by atoms with Crippen LogP contribution >= 0.6 is 0 Å². The molecule has 0 saturated heterocycles. The Kier molecular flexibility index (Phi) is 3.96. The second-order valence-electron chi connectivity index (χ2n) is 4.17. The molecule has 0 radical (unpaired) electrons. The van der Waals surface area contributed by atoms with E-state index in [0.717, 1.165) is 0 Å². The first-order valence-electron chi connectivity index (χ1n) is 5.90. The average molecular weight is 296 g/mol. The summed E-state index contributed by atoms with van der Waals surface area (Å²) >= 11 is 0. The molecule has 0 atom stereocenters. The van der Waals surface area contributed by atoms with Gasteiger partial charge in [0.2, 0.25) is 15.9 Å². The van der Waals surface area contributed by atoms with Crippen LogP contribution in [-0.2, 0) is 16.6 Å². The standard InChI is InChI=1S/C12H16N4O3S/c1-8-6-16-12(19-8)7-15-11-5-9(3-4-10(11)13)20(17,18)14-2/h3-6,14-15H,7,13H2,1-2H3. The van der Waals surface area contributed by atoms with Gasteiger partial charge >= 0.3 is 0 Å². The van der Waals surface area contributed by atoms with Gasteiger partial charge in [0.25, 0.3) is 0 Å². The Balaban J connectivity index is 2.21. The summed E-state index contributed by atoms with van der Waals surface area (Å²) in [6.45, 7) is 2.12. The molecule has 20 heavy (non-hydrogen) atoms. The monoisotopic (exact) mass is 296 g/mol. The van der Waals surface area contributed by atoms with Gasteiger partial charge in [0.05, 0.1) is 29.0 Å². The first kappa shape index (κ1) is 14.4. The van der Waals surface area contributed by atoms with Crippen LogP contribution in [0.25, 0.3) is 0 Å². The second kappa shape index (κ2) is 5.51. The van der Waals surface area contributed by atoms with Crippen LogP contribution < -0.4 is 15.8 Å². The van der Waals surface area contributed by atoms with E-state index >= 15 is 0 Å². The predicted octanol–water partition coefficient (Wildman–Crippen LogP) is 1.09. The number of nitrogen functional groups attached to an aromatic ring is 1. The van der Waals surface area contributed by atoms with Crippen LogP contribution in [-0.4, -0.2) is 20.4 Å². The maximum Gasteiger partial charge on any atom is 0.240 e. The van der Waals surface area contributed by atoms with Crippen LogP contribution in [0.4, 0.5) is 11.4 Å². The van der Waals surface area contributed by atoms with Gasteiger partial charge in [-0.25, -0.2) is 18.1 Å². The lowest BCUT2D eigenvalue weighted by molar-refractivity contribution is 0.479. The number of nitrogens with one attached hydrogen (secondary N) is 2. The SMILES string of the molecule is CNS(=O)(=O)c1ccc(N)c(NCc2ncc(C)o2)c1. The minimum atomic E-state index is -3.50. The third-order valence-electron chi connectivity index (χ3n) is 2.70. The Labute approximate surface area is 117 Å². The zero-order valence-corrected chi connectivity index (χ0v) is 12.0. The molecule has 7 nitrogen and oxygen atoms in total. The molecule has 0 amide bonds. The van der Waals surface area contributed by atoms with Crippen LogP contribution in [0.1, 0.15) is 11.7 Å². The molecule has 0 aliphatic rings. The summed E-state index contributed by atoms with van der Waals surface area (Å²) in [4.78, 5) is 4.19. The van der Waals surface area contributed by atoms with E-state index < -0.39 is 10.0 Å². The van der Waals surface area contributed by atoms with E-state index in [9.17, 15) is 8.42 Å². The summed E-state index contributed by atoms with van der Waals surface area (Å²) in [6, 6.07) is 4.45. The minimum absolute atomic E-state index is 0.139. The third kappa shape index (κ3) is 3.09. The van der Waals surface area contributed by atoms with Gasteiger partial charge in [-0.3, -0.25) is 0 Å². The van der Waals surface area contributed by atoms with Crippen LogP contribution in [0.3, 0.4) is 0 Å². The van der Waals surface area contributed by atoms with Gasteiger partial charge in [0, 0.05) is 0 Å². The summed E-state index contributed by atoms with van der Waals surface area (Å²) in [5.74, 6) is 1.21. The number of nitrogens with zero attached hydrogens (tertiary/aromatic N) is 1. The molecule has 2 rings (SSSR count). The number of sulfonamides is 1. The Morgan fingerprint density at radius 2 is 2.15 bits per heavy atom. The van der Waals surface area contributed by atoms with Gasteiger partial charge in [0.15, 0.2) is 0 Å². The number of aromatic nitrogens is 1. The lowest BCUT2D eigenvalue weighted by atomic mass is 10.2. The predicted molar refractivity (Wildman–Crippen MR) is 75.7 cm³/mol. The molecular weight excluding hydrogens is 280 g/mol. The van der Waals surface area contributed by atoms with Gasteiger partial charge in [-0.1, -0.05) is 0 Å². The molecule has 1 aromatic heterocycles. The Morgan fingerprint density at radius 1 is 1.40 bits per heavy atom. The lowest BCUT2D eigenvalue weighted by Crippen LogP contribution is -2.18. The largest absolute Gasteiger partial charge is 0.444 e. The van der Waals surface area contributed by atoms with Crippen molar-refractivity contribution in [2.75, 3.05) is 18.1 Å². The molecule has 8 heteroatoms. The van der Waals surface area contributed by atoms with Gasteiger partial charge in [-0.2, -0.15) is 0 Å². The first-order chi connectivity index (χ1) is 9.42. The number of hydrogen-bond donors (Lipinski definition) is 3. The number of nitrogens with two attached hydrogens (primary N) is 1. The fourth-order valence-corrected chi connectivity index (χ4v) is 2.38. The number of aryl methyl sites for hydroxylation is 1. The zero-order valence-electron chi connectivity index (χ0n) is 11.2. The Hall–Kier alpha value is -2.06. The average Bonchev–Trinajstić information content (AvgIpc) is 2.83. The highest BCUT2D eigenvalue weighted by Crippen LogP contribution is 2.23. The normalized spacial score (nSPS) is 11.5. The molecule has 1 heterocycles. The van der Waals surface area contributed by atoms with Gasteiger partial charge < -0.3 is 15.5 Å². The van der Waals surface area contributed by atoms with Crippen molar-refractivity contribution in [2.45, 2.75) is 18.4 Å². The number of anilines is 2. The number of benzene rings is 1. The van der Waals surface area contributed by atoms with Gasteiger partial charge in [-0.05, 0) is 32.2 Å². The molecule has 108 valence electrons. The number of oxazole rings is 1. The molecule has 4 N–H and O–H groups in total. The highest BCUT2D eigenvalue weighted by atomic mass is 32.2. The fourth-order valence-electron chi connectivity index (χ4n) is 1.63. The van der Waals surface area contributed by atoms with E-state index in [4.69, 9.17) is 10.2 Å². The molecule has 0 aliphatic carbocycles. The number of rotatable bonds is 5. The van der Waals surface area contributed by atoms with Crippen LogP contribution in [0.2, 0.25) is 0 Å². The van der Waals surface area contributed by atoms with E-state index in [-0.39, 0.29) is 4.90 Å². The van der Waals surface area contributed by atoms with E-state index in [2.05, 4.69) is 15.0 Å². The molecule has 0 saturated carbocycles. The summed E-state index contributed by atoms with van der Waals surface area (Å²) in [5, 5.41) is 3.01. The smallest absolute Gasteiger partial charge is 0.240 e. The van der Waals surface area contributed by atoms with Gasteiger partial charge in [0.1, 0.15) is 5.76 Å². The quantitative estimate of drug-likeness (QED) is 0.712. The van der Waals surface area contributed by atoms with E-state index in [0.29, 0.717) is 29.6 Å². The zero-order chi connectivity index (χ0) is 14.8. The highest BCUT2D eigenvalue weighted by Gasteiger charge is 2.13. The summed E-state index contributed by atoms with van der Waals surface area (Å²) in [7, 11) is -2.15. The highest BCUT2D eigenvalue weighted by molar-refractivity contribution is 7.89. The molecule has 0 fully saturated rings. The summed E-state index contributed by atoms with van der Waals surface area (Å²) in [5.41, 5.74) is 6.77. The van der Waals surface area contributed by atoms with E-state index in [1.165, 1.54) is 25.2 Å². The topological polar surface area (TPSA) is 110 Å². The molecule has 1 aromatic carbocycles. The van der Waals surface area contributed by atoms with Crippen LogP contribution in [0.15, 0.2) is 33.7 Å². The number of hydrogen-bond acceptors (Lipinski definition) is 6. The maximum atomic E-state index is 11.7. The van der Waals surface area contributed by atoms with Crippen LogP contribution in [0, 0.1) is 6.92 Å². The van der Waals surface area contributed by atoms with Crippen molar-refractivity contribution >= 4 is 21.4 Å². The van der Waals surface area contributed by atoms with Crippen molar-refractivity contribution < 1.29 is 12.8 Å². The van der Waals surface area contributed by atoms with Crippen molar-refractivity contribution in [1.29, 1.82) is 0 Å². The van der Waals surface area contributed by atoms with Crippen molar-refractivity contribution in [3.05, 3.63) is 36.0 Å². The molecule has 0 unspecified atom stereocenters. The van der Waals surface area contributed by atoms with E-state index in [1.54, 1.807) is 13.1 Å². The minimum Gasteiger partial charge on any atom is -0.444 e. The maximum absolute atomic E-state index is 11.7. The van der Waals surface area contributed by atoms with Crippen molar-refractivity contribution in [1.82, 2.24) is 9.71 Å². The lowest BCUT2D eigenvalue weighted by Gasteiger charge is -2.10. The first-order valence-corrected chi connectivity index (χ1v) is 7.39. The van der Waals surface area contributed by atoms with Crippen LogP contribution in [0.5, 0.6) is 0 Å². The molecule has 2 aromatic rings. The third-order valence-corrected chi connectivity index (χ3v) is 4.11. The molecule has 0 aliphatic heterocycles. The summed E-state index contributed by atoms with van der Waals surface area (Å²) < 4.78 is 31.0. The Bertz CT molecular complexity index is 709. The van der Waals surface area contributed by atoms with E-state index in [1.807, 2.05) is 0 Å². The summed E-state index contributed by atoms with van der Waals surface area (Å²) in [6.07, 6.45) is 1.61.